The third-order valence-electron chi connectivity index (χ3n) is 13.3. The number of rotatable bonds is 4. The van der Waals surface area contributed by atoms with Gasteiger partial charge in [-0.2, -0.15) is 0 Å². The standard InChI is InChI=1S/C41H55ClN4O6S/c1-27-8-6-18-41(51-5,22-38(47)45-19-16-33(24-45)44(3)4)35-13-10-31(35)23-46-25-40(17-7-9-29-20-32(42)12-14-34(29)40)26-52-37-15-11-30(21-36(37)46)39(48)43-53(49,50)28(27)2/h6,11-12,14-15,18,20-21,27-28,31,33,35H,7-10,13,16-17,19,22-26H2,1-5H3,(H,43,48)/b18-6-/t27-,28+,31-,33+,35+,40-,41-/m0/s1. The van der Waals surface area contributed by atoms with E-state index in [-0.39, 0.29) is 41.1 Å². The predicted octanol–water partition coefficient (Wildman–Crippen LogP) is 5.82. The Labute approximate surface area is 320 Å². The number of allylic oxidation sites excluding steroid dienone is 1. The molecule has 288 valence electrons. The first-order valence-corrected chi connectivity index (χ1v) is 21.2. The van der Waals surface area contributed by atoms with Crippen molar-refractivity contribution >= 4 is 39.1 Å². The fraction of sp³-hybridized carbons (Fsp3) is 0.610. The number of fused-ring (bicyclic) bond motifs is 4. The number of benzene rings is 2. The smallest absolute Gasteiger partial charge is 0.264 e. The van der Waals surface area contributed by atoms with Crippen molar-refractivity contribution in [3.8, 4) is 5.75 Å². The lowest BCUT2D eigenvalue weighted by molar-refractivity contribution is -0.142. The van der Waals surface area contributed by atoms with Gasteiger partial charge in [0.05, 0.1) is 29.6 Å². The van der Waals surface area contributed by atoms with Crippen LogP contribution < -0.4 is 14.4 Å². The number of hydrogen-bond donors (Lipinski definition) is 1. The molecule has 0 radical (unpaired) electrons. The van der Waals surface area contributed by atoms with Gasteiger partial charge in [-0.15, -0.1) is 0 Å². The zero-order valence-electron chi connectivity index (χ0n) is 31.8. The summed E-state index contributed by atoms with van der Waals surface area (Å²) in [6.45, 7) is 6.73. The van der Waals surface area contributed by atoms with Gasteiger partial charge in [0, 0.05) is 55.3 Å². The van der Waals surface area contributed by atoms with Crippen LogP contribution in [0.3, 0.4) is 0 Å². The molecule has 5 aliphatic rings. The molecular weight excluding hydrogens is 712 g/mol. The maximum Gasteiger partial charge on any atom is 0.264 e. The molecule has 2 aromatic carbocycles. The quantitative estimate of drug-likeness (QED) is 0.388. The van der Waals surface area contributed by atoms with Gasteiger partial charge in [-0.3, -0.25) is 9.59 Å². The van der Waals surface area contributed by atoms with Crippen molar-refractivity contribution in [3.63, 3.8) is 0 Å². The Bertz CT molecular complexity index is 1870. The Morgan fingerprint density at radius 2 is 1.92 bits per heavy atom. The maximum atomic E-state index is 14.1. The molecule has 2 aliphatic carbocycles. The van der Waals surface area contributed by atoms with E-state index in [1.807, 2.05) is 24.0 Å². The highest BCUT2D eigenvalue weighted by atomic mass is 35.5. The molecule has 7 rings (SSSR count). The van der Waals surface area contributed by atoms with E-state index in [2.05, 4.69) is 46.8 Å². The third kappa shape index (κ3) is 7.35. The maximum absolute atomic E-state index is 14.1. The summed E-state index contributed by atoms with van der Waals surface area (Å²) in [5, 5.41) is -0.119. The minimum absolute atomic E-state index is 0.0526. The molecule has 1 N–H and O–H groups in total. The Morgan fingerprint density at radius 1 is 1.11 bits per heavy atom. The molecule has 1 saturated heterocycles. The SMILES string of the molecule is CO[C@]1(CC(=O)N2CC[C@@H](N(C)C)C2)/C=C\C[C@H](C)[C@@H](C)S(=O)(=O)NC(=O)c2ccc3c(c2)N(C[C@@H]2CC[C@H]21)C[C@@]1(CCCc2cc(Cl)ccc21)CO3. The summed E-state index contributed by atoms with van der Waals surface area (Å²) >= 11 is 6.49. The highest BCUT2D eigenvalue weighted by Crippen LogP contribution is 2.50. The van der Waals surface area contributed by atoms with E-state index in [9.17, 15) is 18.0 Å². The van der Waals surface area contributed by atoms with Gasteiger partial charge in [-0.1, -0.05) is 36.7 Å². The number of likely N-dealkylation sites (N-methyl/N-ethyl adjacent to an activating group) is 1. The Balaban J connectivity index is 1.29. The van der Waals surface area contributed by atoms with Gasteiger partial charge in [-0.05, 0) is 125 Å². The van der Waals surface area contributed by atoms with Crippen molar-refractivity contribution in [2.45, 2.75) is 87.5 Å². The van der Waals surface area contributed by atoms with Crippen LogP contribution in [0.1, 0.15) is 80.3 Å². The zero-order valence-corrected chi connectivity index (χ0v) is 33.3. The van der Waals surface area contributed by atoms with Crippen LogP contribution >= 0.6 is 11.6 Å². The molecule has 2 amide bonds. The number of methoxy groups -OCH3 is 1. The first-order chi connectivity index (χ1) is 25.2. The van der Waals surface area contributed by atoms with E-state index in [0.29, 0.717) is 44.5 Å². The number of anilines is 1. The van der Waals surface area contributed by atoms with Crippen molar-refractivity contribution < 1.29 is 27.5 Å². The summed E-state index contributed by atoms with van der Waals surface area (Å²) in [6.07, 6.45) is 10.4. The topological polar surface area (TPSA) is 108 Å². The molecule has 2 bridgehead atoms. The number of ether oxygens (including phenoxy) is 2. The van der Waals surface area contributed by atoms with Crippen LogP contribution in [0.4, 0.5) is 5.69 Å². The number of carbonyl (C=O) groups is 2. The number of halogens is 1. The van der Waals surface area contributed by atoms with Gasteiger partial charge in [0.2, 0.25) is 15.9 Å². The lowest BCUT2D eigenvalue weighted by atomic mass is 9.62. The van der Waals surface area contributed by atoms with Gasteiger partial charge >= 0.3 is 0 Å². The Hall–Kier alpha value is -3.12. The van der Waals surface area contributed by atoms with E-state index in [4.69, 9.17) is 21.1 Å². The Morgan fingerprint density at radius 3 is 2.64 bits per heavy atom. The molecule has 2 fully saturated rings. The molecule has 0 unspecified atom stereocenters. The van der Waals surface area contributed by atoms with Gasteiger partial charge < -0.3 is 24.2 Å². The van der Waals surface area contributed by atoms with Crippen LogP contribution in [-0.2, 0) is 31.4 Å². The van der Waals surface area contributed by atoms with Gasteiger partial charge in [-0.25, -0.2) is 13.1 Å². The van der Waals surface area contributed by atoms with E-state index in [0.717, 1.165) is 55.8 Å². The van der Waals surface area contributed by atoms with Crippen LogP contribution in [-0.4, -0.2) is 101 Å². The summed E-state index contributed by atoms with van der Waals surface area (Å²) in [5.41, 5.74) is 2.34. The number of aryl methyl sites for hydroxylation is 1. The molecule has 3 aliphatic heterocycles. The molecule has 12 heteroatoms. The zero-order chi connectivity index (χ0) is 37.7. The third-order valence-corrected chi connectivity index (χ3v) is 15.4. The fourth-order valence-corrected chi connectivity index (χ4v) is 11.1. The molecule has 1 saturated carbocycles. The van der Waals surface area contributed by atoms with Gasteiger partial charge in [0.15, 0.2) is 0 Å². The molecule has 7 atom stereocenters. The number of carbonyl (C=O) groups excluding carboxylic acids is 2. The van der Waals surface area contributed by atoms with E-state index in [1.54, 1.807) is 32.2 Å². The Kier molecular flexibility index (Phi) is 10.7. The van der Waals surface area contributed by atoms with Crippen molar-refractivity contribution in [1.82, 2.24) is 14.5 Å². The number of sulfonamides is 1. The van der Waals surface area contributed by atoms with Crippen LogP contribution in [0, 0.1) is 17.8 Å². The second-order valence-corrected chi connectivity index (χ2v) is 19.1. The lowest BCUT2D eigenvalue weighted by Crippen LogP contribution is -2.54. The fourth-order valence-electron chi connectivity index (χ4n) is 9.57. The second kappa shape index (κ2) is 14.8. The minimum Gasteiger partial charge on any atom is -0.490 e. The molecular formula is C41H55ClN4O6S. The monoisotopic (exact) mass is 766 g/mol. The molecule has 3 heterocycles. The summed E-state index contributed by atoms with van der Waals surface area (Å²) in [4.78, 5) is 34.3. The number of nitrogens with one attached hydrogen (secondary N) is 1. The largest absolute Gasteiger partial charge is 0.490 e. The van der Waals surface area contributed by atoms with Crippen LogP contribution in [0.25, 0.3) is 0 Å². The van der Waals surface area contributed by atoms with Crippen molar-refractivity contribution in [2.24, 2.45) is 17.8 Å². The molecule has 10 nitrogen and oxygen atoms in total. The van der Waals surface area contributed by atoms with E-state index in [1.165, 1.54) is 11.1 Å². The first kappa shape index (κ1) is 38.2. The van der Waals surface area contributed by atoms with Crippen molar-refractivity contribution in [2.75, 3.05) is 58.9 Å². The highest BCUT2D eigenvalue weighted by molar-refractivity contribution is 7.90. The van der Waals surface area contributed by atoms with Crippen LogP contribution in [0.15, 0.2) is 48.6 Å². The van der Waals surface area contributed by atoms with Crippen molar-refractivity contribution in [1.29, 1.82) is 0 Å². The van der Waals surface area contributed by atoms with Crippen LogP contribution in [0.2, 0.25) is 5.02 Å². The van der Waals surface area contributed by atoms with E-state index < -0.39 is 26.8 Å². The predicted molar refractivity (Wildman–Crippen MR) is 208 cm³/mol. The van der Waals surface area contributed by atoms with Crippen molar-refractivity contribution in [3.05, 3.63) is 70.3 Å². The minimum atomic E-state index is -4.01. The number of nitrogens with zero attached hydrogens (tertiary/aromatic N) is 3. The summed E-state index contributed by atoms with van der Waals surface area (Å²) < 4.78 is 42.7. The average Bonchev–Trinajstić information content (AvgIpc) is 3.57. The summed E-state index contributed by atoms with van der Waals surface area (Å²) in [5.74, 6) is 0.0476. The van der Waals surface area contributed by atoms with Crippen LogP contribution in [0.5, 0.6) is 5.75 Å². The number of likely N-dealkylation sites (tertiary alicyclic amines) is 1. The average molecular weight is 767 g/mol. The summed E-state index contributed by atoms with van der Waals surface area (Å²) in [6, 6.07) is 11.8. The van der Waals surface area contributed by atoms with Gasteiger partial charge in [0.1, 0.15) is 5.75 Å². The number of hydrogen-bond acceptors (Lipinski definition) is 8. The van der Waals surface area contributed by atoms with Gasteiger partial charge in [0.25, 0.3) is 5.91 Å². The molecule has 0 aromatic heterocycles. The normalized spacial score (nSPS) is 33.3. The first-order valence-electron chi connectivity index (χ1n) is 19.3. The highest BCUT2D eigenvalue weighted by Gasteiger charge is 2.50. The lowest BCUT2D eigenvalue weighted by Gasteiger charge is -2.50. The van der Waals surface area contributed by atoms with E-state index >= 15 is 0 Å². The molecule has 2 aromatic rings. The molecule has 53 heavy (non-hydrogen) atoms. The molecule has 1 spiro atoms. The second-order valence-electron chi connectivity index (χ2n) is 16.6. The number of amides is 2. The summed E-state index contributed by atoms with van der Waals surface area (Å²) in [7, 11) is 1.83.